The SMILES string of the molecule is CCC(CCCl)NC(=O)c1ccc(O)cc1O. The zero-order valence-electron chi connectivity index (χ0n) is 9.61. The van der Waals surface area contributed by atoms with E-state index in [1.807, 2.05) is 6.92 Å². The summed E-state index contributed by atoms with van der Waals surface area (Å²) < 4.78 is 0. The van der Waals surface area contributed by atoms with E-state index in [4.69, 9.17) is 16.7 Å². The molecule has 0 aliphatic carbocycles. The molecular weight excluding hydrogens is 242 g/mol. The highest BCUT2D eigenvalue weighted by Gasteiger charge is 2.15. The van der Waals surface area contributed by atoms with Crippen molar-refractivity contribution in [2.75, 3.05) is 5.88 Å². The van der Waals surface area contributed by atoms with Gasteiger partial charge in [-0.2, -0.15) is 0 Å². The van der Waals surface area contributed by atoms with Crippen molar-refractivity contribution in [3.05, 3.63) is 23.8 Å². The minimum Gasteiger partial charge on any atom is -0.508 e. The van der Waals surface area contributed by atoms with Crippen molar-refractivity contribution in [2.24, 2.45) is 0 Å². The Morgan fingerprint density at radius 1 is 1.47 bits per heavy atom. The highest BCUT2D eigenvalue weighted by molar-refractivity contribution is 6.17. The van der Waals surface area contributed by atoms with Crippen LogP contribution in [0.25, 0.3) is 0 Å². The van der Waals surface area contributed by atoms with Gasteiger partial charge in [0.2, 0.25) is 0 Å². The van der Waals surface area contributed by atoms with E-state index in [-0.39, 0.29) is 29.0 Å². The molecule has 1 aromatic carbocycles. The second-order valence-electron chi connectivity index (χ2n) is 3.76. The number of hydrogen-bond acceptors (Lipinski definition) is 3. The standard InChI is InChI=1S/C12H16ClNO3/c1-2-8(5-6-13)14-12(17)10-4-3-9(15)7-11(10)16/h3-4,7-8,15-16H,2,5-6H2,1H3,(H,14,17). The van der Waals surface area contributed by atoms with E-state index in [0.29, 0.717) is 12.3 Å². The molecule has 1 rings (SSSR count). The predicted octanol–water partition coefficient (Wildman–Crippen LogP) is 2.24. The second kappa shape index (κ2) is 6.35. The molecule has 4 nitrogen and oxygen atoms in total. The number of rotatable bonds is 5. The van der Waals surface area contributed by atoms with Crippen molar-refractivity contribution in [3.63, 3.8) is 0 Å². The summed E-state index contributed by atoms with van der Waals surface area (Å²) in [7, 11) is 0. The van der Waals surface area contributed by atoms with Crippen molar-refractivity contribution >= 4 is 17.5 Å². The highest BCUT2D eigenvalue weighted by atomic mass is 35.5. The highest BCUT2D eigenvalue weighted by Crippen LogP contribution is 2.22. The molecule has 0 heterocycles. The van der Waals surface area contributed by atoms with Crippen LogP contribution in [0.2, 0.25) is 0 Å². The van der Waals surface area contributed by atoms with Crippen molar-refractivity contribution in [1.29, 1.82) is 0 Å². The van der Waals surface area contributed by atoms with E-state index in [1.54, 1.807) is 0 Å². The Balaban J connectivity index is 2.75. The Labute approximate surface area is 105 Å². The fourth-order valence-corrected chi connectivity index (χ4v) is 1.75. The van der Waals surface area contributed by atoms with Crippen molar-refractivity contribution in [3.8, 4) is 11.5 Å². The van der Waals surface area contributed by atoms with E-state index in [2.05, 4.69) is 5.32 Å². The average molecular weight is 258 g/mol. The van der Waals surface area contributed by atoms with Gasteiger partial charge in [0, 0.05) is 18.0 Å². The maximum atomic E-state index is 11.8. The maximum absolute atomic E-state index is 11.8. The van der Waals surface area contributed by atoms with Crippen LogP contribution in [0.15, 0.2) is 18.2 Å². The van der Waals surface area contributed by atoms with Gasteiger partial charge in [-0.05, 0) is 25.0 Å². The molecule has 0 aliphatic rings. The van der Waals surface area contributed by atoms with Crippen LogP contribution in [0.3, 0.4) is 0 Å². The summed E-state index contributed by atoms with van der Waals surface area (Å²) in [5.74, 6) is -0.199. The minimum absolute atomic E-state index is 0.00629. The van der Waals surface area contributed by atoms with E-state index in [1.165, 1.54) is 12.1 Å². The number of aromatic hydroxyl groups is 2. The first kappa shape index (κ1) is 13.6. The summed E-state index contributed by atoms with van der Waals surface area (Å²) in [6.07, 6.45) is 1.46. The number of phenols is 2. The summed E-state index contributed by atoms with van der Waals surface area (Å²) in [5.41, 5.74) is 0.149. The van der Waals surface area contributed by atoms with Crippen LogP contribution in [0.1, 0.15) is 30.1 Å². The van der Waals surface area contributed by atoms with Crippen LogP contribution in [-0.2, 0) is 0 Å². The molecule has 1 amide bonds. The molecule has 94 valence electrons. The lowest BCUT2D eigenvalue weighted by atomic mass is 10.1. The van der Waals surface area contributed by atoms with Gasteiger partial charge in [0.1, 0.15) is 11.5 Å². The molecule has 1 atom stereocenters. The Morgan fingerprint density at radius 2 is 2.18 bits per heavy atom. The van der Waals surface area contributed by atoms with Gasteiger partial charge < -0.3 is 15.5 Å². The number of benzene rings is 1. The summed E-state index contributed by atoms with van der Waals surface area (Å²) in [6, 6.07) is 3.87. The molecule has 0 radical (unpaired) electrons. The molecule has 17 heavy (non-hydrogen) atoms. The number of halogens is 1. The molecule has 0 saturated heterocycles. The van der Waals surface area contributed by atoms with Gasteiger partial charge >= 0.3 is 0 Å². The summed E-state index contributed by atoms with van der Waals surface area (Å²) >= 11 is 5.62. The van der Waals surface area contributed by atoms with E-state index in [0.717, 1.165) is 12.5 Å². The largest absolute Gasteiger partial charge is 0.508 e. The van der Waals surface area contributed by atoms with Gasteiger partial charge in [0.05, 0.1) is 5.56 Å². The second-order valence-corrected chi connectivity index (χ2v) is 4.14. The number of alkyl halides is 1. The summed E-state index contributed by atoms with van der Waals surface area (Å²) in [6.45, 7) is 1.95. The number of hydrogen-bond donors (Lipinski definition) is 3. The molecule has 1 unspecified atom stereocenters. The number of carbonyl (C=O) groups excluding carboxylic acids is 1. The van der Waals surface area contributed by atoms with Crippen LogP contribution in [0.4, 0.5) is 0 Å². The Hall–Kier alpha value is -1.42. The first-order valence-electron chi connectivity index (χ1n) is 5.47. The zero-order chi connectivity index (χ0) is 12.8. The Kier molecular flexibility index (Phi) is 5.10. The third-order valence-electron chi connectivity index (χ3n) is 2.51. The third kappa shape index (κ3) is 3.82. The molecular formula is C12H16ClNO3. The first-order chi connectivity index (χ1) is 8.08. The fourth-order valence-electron chi connectivity index (χ4n) is 1.49. The molecule has 0 bridgehead atoms. The molecule has 1 aromatic rings. The first-order valence-corrected chi connectivity index (χ1v) is 6.00. The van der Waals surface area contributed by atoms with Gasteiger partial charge in [0.25, 0.3) is 5.91 Å². The summed E-state index contributed by atoms with van der Waals surface area (Å²) in [5, 5.41) is 21.4. The Bertz CT molecular complexity index is 395. The van der Waals surface area contributed by atoms with E-state index in [9.17, 15) is 9.90 Å². The molecule has 0 saturated carbocycles. The number of phenolic OH excluding ortho intramolecular Hbond substituents is 2. The van der Waals surface area contributed by atoms with Gasteiger partial charge in [-0.15, -0.1) is 11.6 Å². The zero-order valence-corrected chi connectivity index (χ0v) is 10.4. The van der Waals surface area contributed by atoms with Crippen molar-refractivity contribution in [1.82, 2.24) is 5.32 Å². The maximum Gasteiger partial charge on any atom is 0.255 e. The summed E-state index contributed by atoms with van der Waals surface area (Å²) in [4.78, 5) is 11.8. The van der Waals surface area contributed by atoms with Gasteiger partial charge in [-0.3, -0.25) is 4.79 Å². The lowest BCUT2D eigenvalue weighted by molar-refractivity contribution is 0.0932. The number of amides is 1. The molecule has 0 spiro atoms. The van der Waals surface area contributed by atoms with E-state index >= 15 is 0 Å². The molecule has 0 aliphatic heterocycles. The lowest BCUT2D eigenvalue weighted by Crippen LogP contribution is -2.34. The van der Waals surface area contributed by atoms with Gasteiger partial charge in [-0.25, -0.2) is 0 Å². The van der Waals surface area contributed by atoms with Crippen LogP contribution in [0.5, 0.6) is 11.5 Å². The molecule has 3 N–H and O–H groups in total. The minimum atomic E-state index is -0.362. The van der Waals surface area contributed by atoms with E-state index < -0.39 is 0 Å². The smallest absolute Gasteiger partial charge is 0.255 e. The molecule has 5 heteroatoms. The monoisotopic (exact) mass is 257 g/mol. The van der Waals surface area contributed by atoms with Crippen LogP contribution < -0.4 is 5.32 Å². The Morgan fingerprint density at radius 3 is 2.71 bits per heavy atom. The fraction of sp³-hybridized carbons (Fsp3) is 0.417. The average Bonchev–Trinajstić information content (AvgIpc) is 2.28. The number of nitrogens with one attached hydrogen (secondary N) is 1. The topological polar surface area (TPSA) is 69.6 Å². The normalized spacial score (nSPS) is 12.1. The number of carbonyl (C=O) groups is 1. The van der Waals surface area contributed by atoms with Crippen molar-refractivity contribution in [2.45, 2.75) is 25.8 Å². The molecule has 0 aromatic heterocycles. The quantitative estimate of drug-likeness (QED) is 0.709. The molecule has 0 fully saturated rings. The van der Waals surface area contributed by atoms with Crippen LogP contribution in [-0.4, -0.2) is 28.0 Å². The van der Waals surface area contributed by atoms with Crippen molar-refractivity contribution < 1.29 is 15.0 Å². The lowest BCUT2D eigenvalue weighted by Gasteiger charge is -2.16. The van der Waals surface area contributed by atoms with Gasteiger partial charge in [-0.1, -0.05) is 6.92 Å². The third-order valence-corrected chi connectivity index (χ3v) is 2.73. The van der Waals surface area contributed by atoms with Gasteiger partial charge in [0.15, 0.2) is 0 Å². The predicted molar refractivity (Wildman–Crippen MR) is 66.7 cm³/mol. The van der Waals surface area contributed by atoms with Crippen LogP contribution in [0, 0.1) is 0 Å². The van der Waals surface area contributed by atoms with Crippen LogP contribution >= 0.6 is 11.6 Å².